The van der Waals surface area contributed by atoms with Crippen molar-refractivity contribution in [1.82, 2.24) is 9.97 Å². The van der Waals surface area contributed by atoms with Crippen LogP contribution < -0.4 is 5.32 Å². The molecule has 1 aromatic heterocycles. The molecule has 2 N–H and O–H groups in total. The van der Waals surface area contributed by atoms with Crippen molar-refractivity contribution in [2.24, 2.45) is 0 Å². The number of anilines is 2. The van der Waals surface area contributed by atoms with Gasteiger partial charge in [-0.05, 0) is 61.1 Å². The first-order valence-corrected chi connectivity index (χ1v) is 9.76. The normalized spacial score (nSPS) is 10.6. The molecular weight excluding hydrogens is 358 g/mol. The Hall–Kier alpha value is -2.70. The second-order valence-corrected chi connectivity index (χ2v) is 7.10. The van der Waals surface area contributed by atoms with E-state index in [1.165, 1.54) is 4.90 Å². The molecule has 6 heteroatoms. The van der Waals surface area contributed by atoms with E-state index >= 15 is 0 Å². The molecule has 0 unspecified atom stereocenters. The molecule has 138 valence electrons. The summed E-state index contributed by atoms with van der Waals surface area (Å²) in [6.07, 6.45) is 4.40. The zero-order valence-corrected chi connectivity index (χ0v) is 15.7. The molecular formula is C21H21N3O2S. The lowest BCUT2D eigenvalue weighted by molar-refractivity contribution is 0.112. The third-order valence-corrected chi connectivity index (χ3v) is 5.03. The Morgan fingerprint density at radius 1 is 1.00 bits per heavy atom. The van der Waals surface area contributed by atoms with Gasteiger partial charge in [-0.25, -0.2) is 9.97 Å². The smallest absolute Gasteiger partial charge is 0.227 e. The zero-order valence-electron chi connectivity index (χ0n) is 14.8. The number of benzene rings is 2. The standard InChI is InChI=1S/C21H21N3O2S/c25-13-1-2-14-27-19-9-5-17(6-10-19)20-11-12-22-21(24-20)23-18-7-3-16(15-26)4-8-18/h3-12,15,25H,1-2,13-14H2,(H,22,23,24). The molecule has 0 saturated heterocycles. The maximum Gasteiger partial charge on any atom is 0.227 e. The van der Waals surface area contributed by atoms with E-state index in [1.54, 1.807) is 30.1 Å². The summed E-state index contributed by atoms with van der Waals surface area (Å²) < 4.78 is 0. The number of aliphatic hydroxyl groups is 1. The number of carbonyl (C=O) groups excluding carboxylic acids is 1. The third-order valence-electron chi connectivity index (χ3n) is 3.93. The van der Waals surface area contributed by atoms with Gasteiger partial charge in [-0.1, -0.05) is 12.1 Å². The summed E-state index contributed by atoms with van der Waals surface area (Å²) >= 11 is 1.79. The van der Waals surface area contributed by atoms with Crippen LogP contribution in [0.5, 0.6) is 0 Å². The molecule has 1 heterocycles. The van der Waals surface area contributed by atoms with Gasteiger partial charge in [0.1, 0.15) is 6.29 Å². The molecule has 5 nitrogen and oxygen atoms in total. The van der Waals surface area contributed by atoms with Crippen LogP contribution in [0, 0.1) is 0 Å². The van der Waals surface area contributed by atoms with Crippen molar-refractivity contribution < 1.29 is 9.90 Å². The average molecular weight is 379 g/mol. The van der Waals surface area contributed by atoms with E-state index in [0.29, 0.717) is 11.5 Å². The highest BCUT2D eigenvalue weighted by atomic mass is 32.2. The number of hydrogen-bond donors (Lipinski definition) is 2. The lowest BCUT2D eigenvalue weighted by Gasteiger charge is -2.07. The second-order valence-electron chi connectivity index (χ2n) is 5.93. The van der Waals surface area contributed by atoms with E-state index < -0.39 is 0 Å². The maximum absolute atomic E-state index is 10.7. The van der Waals surface area contributed by atoms with Crippen LogP contribution in [-0.4, -0.2) is 33.7 Å². The number of carbonyl (C=O) groups is 1. The van der Waals surface area contributed by atoms with Crippen LogP contribution in [0.1, 0.15) is 23.2 Å². The molecule has 0 aliphatic carbocycles. The topological polar surface area (TPSA) is 75.1 Å². The number of aldehydes is 1. The largest absolute Gasteiger partial charge is 0.396 e. The molecule has 0 fully saturated rings. The molecule has 0 bridgehead atoms. The Labute approximate surface area is 162 Å². The van der Waals surface area contributed by atoms with Gasteiger partial charge >= 0.3 is 0 Å². The lowest BCUT2D eigenvalue weighted by atomic mass is 10.1. The van der Waals surface area contributed by atoms with Gasteiger partial charge in [-0.2, -0.15) is 0 Å². The maximum atomic E-state index is 10.7. The molecule has 3 rings (SSSR count). The summed E-state index contributed by atoms with van der Waals surface area (Å²) in [6.45, 7) is 0.255. The summed E-state index contributed by atoms with van der Waals surface area (Å²) in [5.74, 6) is 1.51. The monoisotopic (exact) mass is 379 g/mol. The van der Waals surface area contributed by atoms with Crippen LogP contribution in [0.15, 0.2) is 65.7 Å². The molecule has 0 aliphatic heterocycles. The Morgan fingerprint density at radius 3 is 2.48 bits per heavy atom. The summed E-state index contributed by atoms with van der Waals surface area (Å²) in [6, 6.07) is 17.3. The van der Waals surface area contributed by atoms with Crippen molar-refractivity contribution in [3.05, 3.63) is 66.4 Å². The zero-order chi connectivity index (χ0) is 18.9. The minimum atomic E-state index is 0.255. The number of unbranched alkanes of at least 4 members (excludes halogenated alkanes) is 1. The van der Waals surface area contributed by atoms with E-state index in [1.807, 2.05) is 18.2 Å². The van der Waals surface area contributed by atoms with Crippen LogP contribution in [0.4, 0.5) is 11.6 Å². The third kappa shape index (κ3) is 5.64. The second kappa shape index (κ2) is 9.85. The highest BCUT2D eigenvalue weighted by Crippen LogP contribution is 2.24. The molecule has 3 aromatic rings. The lowest BCUT2D eigenvalue weighted by Crippen LogP contribution is -1.98. The average Bonchev–Trinajstić information content (AvgIpc) is 2.72. The van der Waals surface area contributed by atoms with E-state index in [4.69, 9.17) is 5.11 Å². The summed E-state index contributed by atoms with van der Waals surface area (Å²) in [4.78, 5) is 20.8. The SMILES string of the molecule is O=Cc1ccc(Nc2nccc(-c3ccc(SCCCCO)cc3)n2)cc1. The van der Waals surface area contributed by atoms with Gasteiger partial charge < -0.3 is 10.4 Å². The fourth-order valence-electron chi connectivity index (χ4n) is 2.48. The molecule has 2 aromatic carbocycles. The van der Waals surface area contributed by atoms with Crippen LogP contribution >= 0.6 is 11.8 Å². The first-order chi connectivity index (χ1) is 13.3. The van der Waals surface area contributed by atoms with Gasteiger partial charge in [0, 0.05) is 34.5 Å². The minimum absolute atomic E-state index is 0.255. The van der Waals surface area contributed by atoms with Crippen molar-refractivity contribution >= 4 is 29.7 Å². The predicted octanol–water partition coefficient (Wildman–Crippen LogP) is 4.56. The summed E-state index contributed by atoms with van der Waals surface area (Å²) in [7, 11) is 0. The molecule has 0 radical (unpaired) electrons. The fourth-order valence-corrected chi connectivity index (χ4v) is 3.39. The minimum Gasteiger partial charge on any atom is -0.396 e. The van der Waals surface area contributed by atoms with Crippen LogP contribution in [0.3, 0.4) is 0 Å². The van der Waals surface area contributed by atoms with E-state index in [2.05, 4.69) is 39.6 Å². The first-order valence-electron chi connectivity index (χ1n) is 8.78. The van der Waals surface area contributed by atoms with Gasteiger partial charge in [0.05, 0.1) is 5.69 Å². The Balaban J connectivity index is 1.66. The van der Waals surface area contributed by atoms with E-state index in [9.17, 15) is 4.79 Å². The molecule has 0 amide bonds. The van der Waals surface area contributed by atoms with E-state index in [-0.39, 0.29) is 6.61 Å². The van der Waals surface area contributed by atoms with Crippen molar-refractivity contribution in [2.45, 2.75) is 17.7 Å². The van der Waals surface area contributed by atoms with Gasteiger partial charge in [-0.15, -0.1) is 11.8 Å². The predicted molar refractivity (Wildman–Crippen MR) is 110 cm³/mol. The van der Waals surface area contributed by atoms with Gasteiger partial charge in [0.25, 0.3) is 0 Å². The summed E-state index contributed by atoms with van der Waals surface area (Å²) in [5, 5.41) is 12.0. The van der Waals surface area contributed by atoms with Gasteiger partial charge in [-0.3, -0.25) is 4.79 Å². The Kier molecular flexibility index (Phi) is 6.96. The quantitative estimate of drug-likeness (QED) is 0.322. The van der Waals surface area contributed by atoms with Crippen molar-refractivity contribution in [2.75, 3.05) is 17.7 Å². The number of nitrogens with one attached hydrogen (secondary N) is 1. The molecule has 0 atom stereocenters. The summed E-state index contributed by atoms with van der Waals surface area (Å²) in [5.41, 5.74) is 3.32. The Bertz CT molecular complexity index is 867. The van der Waals surface area contributed by atoms with E-state index in [0.717, 1.165) is 41.8 Å². The van der Waals surface area contributed by atoms with Crippen LogP contribution in [-0.2, 0) is 0 Å². The van der Waals surface area contributed by atoms with Crippen LogP contribution in [0.25, 0.3) is 11.3 Å². The number of hydrogen-bond acceptors (Lipinski definition) is 6. The van der Waals surface area contributed by atoms with Gasteiger partial charge in [0.15, 0.2) is 0 Å². The Morgan fingerprint density at radius 2 is 1.78 bits per heavy atom. The van der Waals surface area contributed by atoms with Crippen molar-refractivity contribution in [3.8, 4) is 11.3 Å². The molecule has 0 saturated carbocycles. The number of aliphatic hydroxyl groups excluding tert-OH is 1. The molecule has 0 spiro atoms. The highest BCUT2D eigenvalue weighted by Gasteiger charge is 2.04. The van der Waals surface area contributed by atoms with Crippen molar-refractivity contribution in [1.29, 1.82) is 0 Å². The first kappa shape index (κ1) is 19.1. The highest BCUT2D eigenvalue weighted by molar-refractivity contribution is 7.99. The molecule has 27 heavy (non-hydrogen) atoms. The number of thioether (sulfide) groups is 1. The number of aromatic nitrogens is 2. The fraction of sp³-hybridized carbons (Fsp3) is 0.190. The number of rotatable bonds is 9. The van der Waals surface area contributed by atoms with Crippen molar-refractivity contribution in [3.63, 3.8) is 0 Å². The molecule has 0 aliphatic rings. The van der Waals surface area contributed by atoms with Crippen LogP contribution in [0.2, 0.25) is 0 Å². The van der Waals surface area contributed by atoms with Gasteiger partial charge in [0.2, 0.25) is 5.95 Å². The number of nitrogens with zero attached hydrogens (tertiary/aromatic N) is 2.